The highest BCUT2D eigenvalue weighted by atomic mass is 19.1. The molecule has 1 amide bonds. The molecular weight excluding hydrogens is 351 g/mol. The number of carboxylic acid groups (broad SMARTS) is 2. The normalized spacial score (nSPS) is 12.9. The molecule has 0 aliphatic rings. The second-order valence-corrected chi connectivity index (χ2v) is 5.55. The van der Waals surface area contributed by atoms with Gasteiger partial charge in [0.15, 0.2) is 0 Å². The molecule has 0 aliphatic carbocycles. The van der Waals surface area contributed by atoms with Crippen LogP contribution in [0, 0.1) is 15.9 Å². The number of benzene rings is 1. The average molecular weight is 370 g/mol. The van der Waals surface area contributed by atoms with Crippen LogP contribution in [0.15, 0.2) is 18.2 Å². The van der Waals surface area contributed by atoms with E-state index in [-0.39, 0.29) is 19.4 Å². The third kappa shape index (κ3) is 4.13. The fraction of sp³-hybridized carbons (Fsp3) is 0.438. The number of nitrogens with zero attached hydrogens (tertiary/aromatic N) is 2. The van der Waals surface area contributed by atoms with E-state index in [2.05, 4.69) is 0 Å². The van der Waals surface area contributed by atoms with Gasteiger partial charge in [-0.25, -0.2) is 9.18 Å². The first-order chi connectivity index (χ1) is 12.1. The van der Waals surface area contributed by atoms with E-state index in [9.17, 15) is 34.0 Å². The number of non-ortho nitro benzene ring substituents is 1. The molecule has 26 heavy (non-hydrogen) atoms. The Hall–Kier alpha value is -3.04. The Kier molecular flexibility index (Phi) is 6.76. The Labute approximate surface area is 148 Å². The maximum absolute atomic E-state index is 14.2. The van der Waals surface area contributed by atoms with Gasteiger partial charge in [-0.3, -0.25) is 19.7 Å². The molecule has 1 rings (SSSR count). The molecule has 1 aromatic carbocycles. The molecule has 0 fully saturated rings. The first-order valence-corrected chi connectivity index (χ1v) is 7.81. The summed E-state index contributed by atoms with van der Waals surface area (Å²) >= 11 is 0. The predicted molar refractivity (Wildman–Crippen MR) is 87.3 cm³/mol. The van der Waals surface area contributed by atoms with Crippen molar-refractivity contribution in [3.63, 3.8) is 0 Å². The van der Waals surface area contributed by atoms with Crippen LogP contribution in [-0.4, -0.2) is 50.0 Å². The van der Waals surface area contributed by atoms with Crippen LogP contribution in [0.25, 0.3) is 0 Å². The van der Waals surface area contributed by atoms with Gasteiger partial charge in [0.05, 0.1) is 16.6 Å². The highest BCUT2D eigenvalue weighted by Gasteiger charge is 2.45. The summed E-state index contributed by atoms with van der Waals surface area (Å²) in [5.74, 6) is -4.77. The summed E-state index contributed by atoms with van der Waals surface area (Å²) in [7, 11) is 0. The summed E-state index contributed by atoms with van der Waals surface area (Å²) in [4.78, 5) is 46.2. The number of rotatable bonds is 9. The van der Waals surface area contributed by atoms with Gasteiger partial charge < -0.3 is 15.1 Å². The minimum absolute atomic E-state index is 0.0935. The largest absolute Gasteiger partial charge is 0.481 e. The molecule has 9 nitrogen and oxygen atoms in total. The monoisotopic (exact) mass is 370 g/mol. The molecule has 0 heterocycles. The fourth-order valence-electron chi connectivity index (χ4n) is 2.77. The molecule has 10 heteroatoms. The number of hydrogen-bond donors (Lipinski definition) is 2. The van der Waals surface area contributed by atoms with Crippen LogP contribution in [0.5, 0.6) is 0 Å². The Bertz CT molecular complexity index is 737. The predicted octanol–water partition coefficient (Wildman–Crippen LogP) is 2.29. The van der Waals surface area contributed by atoms with Gasteiger partial charge in [-0.05, 0) is 25.8 Å². The number of likely N-dealkylation sites (N-methyl/N-ethyl adjacent to an activating group) is 1. The van der Waals surface area contributed by atoms with Gasteiger partial charge in [0.2, 0.25) is 0 Å². The van der Waals surface area contributed by atoms with Crippen molar-refractivity contribution in [3.8, 4) is 0 Å². The van der Waals surface area contributed by atoms with Gasteiger partial charge in [-0.1, -0.05) is 6.92 Å². The van der Waals surface area contributed by atoms with Crippen LogP contribution < -0.4 is 0 Å². The fourth-order valence-corrected chi connectivity index (χ4v) is 2.77. The lowest BCUT2D eigenvalue weighted by Crippen LogP contribution is -2.57. The molecule has 0 radical (unpaired) electrons. The number of hydrogen-bond acceptors (Lipinski definition) is 5. The number of carbonyl (C=O) groups excluding carboxylic acids is 1. The third-order valence-corrected chi connectivity index (χ3v) is 4.21. The summed E-state index contributed by atoms with van der Waals surface area (Å²) < 4.78 is 14.2. The van der Waals surface area contributed by atoms with Gasteiger partial charge >= 0.3 is 11.9 Å². The number of aliphatic carboxylic acids is 2. The number of halogens is 1. The van der Waals surface area contributed by atoms with Crippen LogP contribution in [0.4, 0.5) is 10.1 Å². The zero-order chi connectivity index (χ0) is 20.1. The van der Waals surface area contributed by atoms with Gasteiger partial charge in [-0.15, -0.1) is 0 Å². The van der Waals surface area contributed by atoms with Crippen molar-refractivity contribution < 1.29 is 33.9 Å². The number of amides is 1. The molecule has 0 aliphatic heterocycles. The van der Waals surface area contributed by atoms with Crippen molar-refractivity contribution in [2.75, 3.05) is 6.54 Å². The van der Waals surface area contributed by atoms with Crippen molar-refractivity contribution in [2.45, 2.75) is 38.6 Å². The lowest BCUT2D eigenvalue weighted by atomic mass is 9.87. The van der Waals surface area contributed by atoms with Crippen molar-refractivity contribution in [2.24, 2.45) is 0 Å². The van der Waals surface area contributed by atoms with Crippen LogP contribution in [0.3, 0.4) is 0 Å². The quantitative estimate of drug-likeness (QED) is 0.502. The van der Waals surface area contributed by atoms with Gasteiger partial charge in [0.1, 0.15) is 11.4 Å². The molecule has 0 unspecified atom stereocenters. The zero-order valence-corrected chi connectivity index (χ0v) is 14.3. The number of carboxylic acids is 2. The highest BCUT2D eigenvalue weighted by Crippen LogP contribution is 2.29. The third-order valence-electron chi connectivity index (χ3n) is 4.21. The smallest absolute Gasteiger partial charge is 0.329 e. The van der Waals surface area contributed by atoms with Crippen LogP contribution in [0.1, 0.15) is 43.5 Å². The van der Waals surface area contributed by atoms with E-state index >= 15 is 0 Å². The van der Waals surface area contributed by atoms with E-state index in [0.717, 1.165) is 17.0 Å². The maximum Gasteiger partial charge on any atom is 0.329 e. The number of carbonyl (C=O) groups is 3. The summed E-state index contributed by atoms with van der Waals surface area (Å²) in [5, 5.41) is 29.2. The molecule has 2 N–H and O–H groups in total. The van der Waals surface area contributed by atoms with Crippen molar-refractivity contribution in [1.82, 2.24) is 4.90 Å². The second kappa shape index (κ2) is 8.37. The summed E-state index contributed by atoms with van der Waals surface area (Å²) in [6.45, 7) is 2.85. The zero-order valence-electron chi connectivity index (χ0n) is 14.3. The Morgan fingerprint density at radius 3 is 2.27 bits per heavy atom. The topological polar surface area (TPSA) is 138 Å². The number of nitro benzene ring substituents is 1. The van der Waals surface area contributed by atoms with E-state index in [4.69, 9.17) is 5.11 Å². The highest BCUT2D eigenvalue weighted by molar-refractivity contribution is 5.98. The molecular formula is C16H19FN2O7. The Balaban J connectivity index is 3.36. The van der Waals surface area contributed by atoms with Crippen LogP contribution in [-0.2, 0) is 9.59 Å². The van der Waals surface area contributed by atoms with E-state index in [1.165, 1.54) is 13.8 Å². The lowest BCUT2D eigenvalue weighted by molar-refractivity contribution is -0.385. The van der Waals surface area contributed by atoms with Gasteiger partial charge in [-0.2, -0.15) is 0 Å². The molecule has 1 aromatic rings. The van der Waals surface area contributed by atoms with Gasteiger partial charge in [0, 0.05) is 19.0 Å². The standard InChI is InChI=1S/C16H19FN2O7/c1-3-16(15(23)24,8-7-13(20)21)18(4-2)14(22)11-6-5-10(19(25)26)9-12(11)17/h5-6,9H,3-4,7-8H2,1-2H3,(H,20,21)(H,23,24)/t16-/m1/s1. The van der Waals surface area contributed by atoms with Crippen LogP contribution >= 0.6 is 0 Å². The van der Waals surface area contributed by atoms with Crippen molar-refractivity contribution in [3.05, 3.63) is 39.7 Å². The maximum atomic E-state index is 14.2. The molecule has 0 bridgehead atoms. The van der Waals surface area contributed by atoms with Gasteiger partial charge in [0.25, 0.3) is 11.6 Å². The Morgan fingerprint density at radius 1 is 1.27 bits per heavy atom. The summed E-state index contributed by atoms with van der Waals surface area (Å²) in [5.41, 5.74) is -2.90. The van der Waals surface area contributed by atoms with Crippen LogP contribution in [0.2, 0.25) is 0 Å². The minimum Gasteiger partial charge on any atom is -0.481 e. The Morgan fingerprint density at radius 2 is 1.88 bits per heavy atom. The van der Waals surface area contributed by atoms with Crippen molar-refractivity contribution in [1.29, 1.82) is 0 Å². The van der Waals surface area contributed by atoms with E-state index in [0.29, 0.717) is 6.07 Å². The first kappa shape index (κ1) is 21.0. The average Bonchev–Trinajstić information content (AvgIpc) is 2.57. The molecule has 142 valence electrons. The minimum atomic E-state index is -1.83. The molecule has 0 aromatic heterocycles. The van der Waals surface area contributed by atoms with E-state index in [1.54, 1.807) is 0 Å². The lowest BCUT2D eigenvalue weighted by Gasteiger charge is -2.39. The summed E-state index contributed by atoms with van der Waals surface area (Å²) in [6.07, 6.45) is -0.946. The summed E-state index contributed by atoms with van der Waals surface area (Å²) in [6, 6.07) is 2.43. The molecule has 0 saturated heterocycles. The molecule has 0 spiro atoms. The molecule has 1 atom stereocenters. The first-order valence-electron chi connectivity index (χ1n) is 7.81. The molecule has 0 saturated carbocycles. The van der Waals surface area contributed by atoms with E-state index < -0.39 is 51.8 Å². The van der Waals surface area contributed by atoms with E-state index in [1.807, 2.05) is 0 Å². The van der Waals surface area contributed by atoms with Crippen molar-refractivity contribution >= 4 is 23.5 Å². The number of nitro groups is 1. The second-order valence-electron chi connectivity index (χ2n) is 5.55. The SMILES string of the molecule is CCN(C(=O)c1ccc([N+](=O)[O-])cc1F)[C@](CC)(CCC(=O)O)C(=O)O.